The minimum Gasteiger partial charge on any atom is -0.423 e. The summed E-state index contributed by atoms with van der Waals surface area (Å²) in [5, 5.41) is 0. The van der Waals surface area contributed by atoms with E-state index in [0.717, 1.165) is 10.7 Å². The molecule has 4 aromatic rings. The van der Waals surface area contributed by atoms with Gasteiger partial charge < -0.3 is 14.2 Å². The highest BCUT2D eigenvalue weighted by Gasteiger charge is 2.20. The average Bonchev–Trinajstić information content (AvgIpc) is 2.87. The Hall–Kier alpha value is -2.52. The lowest BCUT2D eigenvalue weighted by Gasteiger charge is -2.10. The van der Waals surface area contributed by atoms with Crippen LogP contribution in [-0.4, -0.2) is 17.9 Å². The highest BCUT2D eigenvalue weighted by Crippen LogP contribution is 2.21. The predicted molar refractivity (Wildman–Crippen MR) is 159 cm³/mol. The fourth-order valence-electron chi connectivity index (χ4n) is 2.99. The zero-order chi connectivity index (χ0) is 25.7. The van der Waals surface area contributed by atoms with Crippen molar-refractivity contribution in [2.24, 2.45) is 0 Å². The molecule has 0 saturated heterocycles. The van der Waals surface area contributed by atoms with E-state index in [2.05, 4.69) is 67.8 Å². The van der Waals surface area contributed by atoms with Crippen LogP contribution in [0.4, 0.5) is 0 Å². The van der Waals surface area contributed by atoms with Gasteiger partial charge in [0, 0.05) is 10.7 Å². The van der Waals surface area contributed by atoms with E-state index < -0.39 is 17.9 Å². The van der Waals surface area contributed by atoms with E-state index in [1.165, 1.54) is 18.2 Å². The molecule has 36 heavy (non-hydrogen) atoms. The first-order valence-corrected chi connectivity index (χ1v) is 13.6. The van der Waals surface area contributed by atoms with Gasteiger partial charge in [-0.15, -0.1) is 0 Å². The maximum absolute atomic E-state index is 12.9. The molecule has 0 aromatic heterocycles. The topological polar surface area (TPSA) is 78.9 Å². The van der Waals surface area contributed by atoms with Crippen molar-refractivity contribution < 1.29 is 28.6 Å². The van der Waals surface area contributed by atoms with Crippen LogP contribution < -0.4 is 14.2 Å². The molecule has 6 nitrogen and oxygen atoms in total. The summed E-state index contributed by atoms with van der Waals surface area (Å²) in [5.41, 5.74) is 0.000473. The number of esters is 3. The lowest BCUT2D eigenvalue weighted by atomic mass is 10.1. The normalized spacial score (nSPS) is 10.4. The lowest BCUT2D eigenvalue weighted by molar-refractivity contribution is 0.0734. The molecule has 0 bridgehead atoms. The van der Waals surface area contributed by atoms with Gasteiger partial charge in [0.2, 0.25) is 0 Å². The summed E-state index contributed by atoms with van der Waals surface area (Å²) in [4.78, 5) is 38.7. The van der Waals surface area contributed by atoms with E-state index >= 15 is 0 Å². The van der Waals surface area contributed by atoms with E-state index in [-0.39, 0.29) is 16.7 Å². The summed E-state index contributed by atoms with van der Waals surface area (Å²) >= 11 is 6.43. The second-order valence-corrected chi connectivity index (χ2v) is 11.1. The molecular weight excluding hydrogens is 801 g/mol. The molecule has 0 atom stereocenters. The van der Waals surface area contributed by atoms with Crippen molar-refractivity contribution in [2.75, 3.05) is 0 Å². The Morgan fingerprint density at radius 3 is 0.861 bits per heavy atom. The van der Waals surface area contributed by atoms with Gasteiger partial charge in [0.25, 0.3) is 0 Å². The molecule has 0 fully saturated rings. The van der Waals surface area contributed by atoms with Crippen LogP contribution in [-0.2, 0) is 0 Å². The third-order valence-corrected chi connectivity index (χ3v) is 6.87. The largest absolute Gasteiger partial charge is 0.423 e. The maximum Gasteiger partial charge on any atom is 0.343 e. The van der Waals surface area contributed by atoms with Crippen molar-refractivity contribution >= 4 is 85.7 Å². The second kappa shape index (κ2) is 12.1. The fraction of sp³-hybridized carbons (Fsp3) is 0. The smallest absolute Gasteiger partial charge is 0.343 e. The van der Waals surface area contributed by atoms with Gasteiger partial charge in [-0.25, -0.2) is 14.4 Å². The lowest BCUT2D eigenvalue weighted by Crippen LogP contribution is -2.16. The third-order valence-electron chi connectivity index (χ3n) is 4.71. The molecule has 180 valence electrons. The second-order valence-electron chi connectivity index (χ2n) is 7.33. The first-order chi connectivity index (χ1) is 17.3. The molecule has 0 N–H and O–H groups in total. The first-order valence-electron chi connectivity index (χ1n) is 10.4. The minimum absolute atomic E-state index is 0.000158. The SMILES string of the molecule is O=C(Oc1ccc(I)cc1)c1cc(C(=O)Oc2ccc(I)cc2)cc(C(=O)Oc2ccc(I)cc2)c1. The van der Waals surface area contributed by atoms with Gasteiger partial charge in [0.15, 0.2) is 0 Å². The molecule has 9 heteroatoms. The molecule has 0 aliphatic carbocycles. The van der Waals surface area contributed by atoms with Gasteiger partial charge in [-0.3, -0.25) is 0 Å². The number of hydrogen-bond acceptors (Lipinski definition) is 6. The summed E-state index contributed by atoms with van der Waals surface area (Å²) < 4.78 is 19.3. The summed E-state index contributed by atoms with van der Waals surface area (Å²) in [6, 6.07) is 24.7. The zero-order valence-corrected chi connectivity index (χ0v) is 24.7. The predicted octanol–water partition coefficient (Wildman–Crippen LogP) is 7.16. The quantitative estimate of drug-likeness (QED) is 0.117. The van der Waals surface area contributed by atoms with Crippen LogP contribution in [0, 0.1) is 10.7 Å². The van der Waals surface area contributed by atoms with Crippen LogP contribution in [0.15, 0.2) is 91.0 Å². The van der Waals surface area contributed by atoms with Crippen molar-refractivity contribution in [2.45, 2.75) is 0 Å². The van der Waals surface area contributed by atoms with Crippen LogP contribution in [0.2, 0.25) is 0 Å². The van der Waals surface area contributed by atoms with E-state index in [1.54, 1.807) is 72.8 Å². The Labute approximate surface area is 247 Å². The Balaban J connectivity index is 1.64. The van der Waals surface area contributed by atoms with E-state index in [0.29, 0.717) is 17.2 Å². The molecule has 0 aliphatic heterocycles. The molecular formula is C27H15I3O6. The van der Waals surface area contributed by atoms with Gasteiger partial charge in [0.1, 0.15) is 17.2 Å². The summed E-state index contributed by atoms with van der Waals surface area (Å²) in [7, 11) is 0. The number of hydrogen-bond donors (Lipinski definition) is 0. The highest BCUT2D eigenvalue weighted by molar-refractivity contribution is 14.1. The van der Waals surface area contributed by atoms with Gasteiger partial charge in [-0.05, 0) is 159 Å². The Morgan fingerprint density at radius 1 is 0.417 bits per heavy atom. The van der Waals surface area contributed by atoms with E-state index in [4.69, 9.17) is 14.2 Å². The molecule has 0 unspecified atom stereocenters. The molecule has 0 spiro atoms. The summed E-state index contributed by atoms with van der Waals surface area (Å²) in [6.07, 6.45) is 0. The standard InChI is InChI=1S/C27H15I3O6/c28-19-1-7-22(8-2-19)34-25(31)16-13-17(26(32)35-23-9-3-20(29)4-10-23)15-18(14-16)27(33)36-24-11-5-21(30)6-12-24/h1-15H. The Morgan fingerprint density at radius 2 is 0.639 bits per heavy atom. The van der Waals surface area contributed by atoms with Crippen molar-refractivity contribution in [1.82, 2.24) is 0 Å². The van der Waals surface area contributed by atoms with Gasteiger partial charge >= 0.3 is 17.9 Å². The number of halogens is 3. The van der Waals surface area contributed by atoms with Gasteiger partial charge in [0.05, 0.1) is 16.7 Å². The van der Waals surface area contributed by atoms with Crippen molar-refractivity contribution in [1.29, 1.82) is 0 Å². The van der Waals surface area contributed by atoms with Gasteiger partial charge in [-0.2, -0.15) is 0 Å². The van der Waals surface area contributed by atoms with Crippen molar-refractivity contribution in [3.8, 4) is 17.2 Å². The summed E-state index contributed by atoms with van der Waals surface area (Å²) in [6.45, 7) is 0. The van der Waals surface area contributed by atoms with Crippen LogP contribution in [0.3, 0.4) is 0 Å². The fourth-order valence-corrected chi connectivity index (χ4v) is 4.07. The monoisotopic (exact) mass is 816 g/mol. The molecule has 0 amide bonds. The number of carbonyl (C=O) groups is 3. The maximum atomic E-state index is 12.9. The average molecular weight is 816 g/mol. The van der Waals surface area contributed by atoms with Gasteiger partial charge in [-0.1, -0.05) is 0 Å². The van der Waals surface area contributed by atoms with E-state index in [1.807, 2.05) is 0 Å². The first kappa shape index (κ1) is 26.5. The van der Waals surface area contributed by atoms with Crippen LogP contribution in [0.1, 0.15) is 31.1 Å². The number of rotatable bonds is 6. The number of benzene rings is 4. The van der Waals surface area contributed by atoms with E-state index in [9.17, 15) is 14.4 Å². The Kier molecular flexibility index (Phi) is 8.95. The van der Waals surface area contributed by atoms with Crippen molar-refractivity contribution in [3.05, 3.63) is 118 Å². The highest BCUT2D eigenvalue weighted by atomic mass is 127. The minimum atomic E-state index is -0.733. The summed E-state index contributed by atoms with van der Waals surface area (Å²) in [5.74, 6) is -1.21. The molecule has 0 saturated carbocycles. The molecule has 0 radical (unpaired) electrons. The molecule has 0 heterocycles. The van der Waals surface area contributed by atoms with Crippen molar-refractivity contribution in [3.63, 3.8) is 0 Å². The molecule has 0 aliphatic rings. The number of ether oxygens (including phenoxy) is 3. The third kappa shape index (κ3) is 7.26. The van der Waals surface area contributed by atoms with Crippen LogP contribution in [0.5, 0.6) is 17.2 Å². The zero-order valence-electron chi connectivity index (χ0n) is 18.2. The number of carbonyl (C=O) groups excluding carboxylic acids is 3. The molecule has 4 rings (SSSR count). The molecule has 4 aromatic carbocycles. The van der Waals surface area contributed by atoms with Crippen LogP contribution >= 0.6 is 67.8 Å². The van der Waals surface area contributed by atoms with Crippen LogP contribution in [0.25, 0.3) is 0 Å². The Bertz CT molecular complexity index is 1230.